The molecule has 1 aliphatic rings. The van der Waals surface area contributed by atoms with Crippen molar-refractivity contribution in [3.8, 4) is 0 Å². The van der Waals surface area contributed by atoms with Gasteiger partial charge in [-0.1, -0.05) is 0 Å². The molecule has 1 N–H and O–H groups in total. The molecule has 0 bridgehead atoms. The molecule has 1 aromatic carbocycles. The second-order valence-electron chi connectivity index (χ2n) is 4.87. The maximum Gasteiger partial charge on any atom is 0.335 e. The van der Waals surface area contributed by atoms with Crippen LogP contribution in [0, 0.1) is 0 Å². The summed E-state index contributed by atoms with van der Waals surface area (Å²) in [6.07, 6.45) is 3.50. The Labute approximate surface area is 122 Å². The summed E-state index contributed by atoms with van der Waals surface area (Å²) in [7, 11) is 0. The molecular formula is C15H16N4O2. The molecule has 1 fully saturated rings. The third-order valence-corrected chi connectivity index (χ3v) is 3.59. The molecule has 1 aliphatic heterocycles. The van der Waals surface area contributed by atoms with Gasteiger partial charge in [0.1, 0.15) is 0 Å². The van der Waals surface area contributed by atoms with Gasteiger partial charge in [-0.05, 0) is 30.3 Å². The SMILES string of the molecule is O=C(O)c1ccc(N2CCN(c3ncccn3)CC2)cc1. The summed E-state index contributed by atoms with van der Waals surface area (Å²) in [5.41, 5.74) is 1.36. The number of benzene rings is 1. The van der Waals surface area contributed by atoms with Crippen LogP contribution in [-0.4, -0.2) is 47.2 Å². The Bertz CT molecular complexity index is 607. The molecule has 6 nitrogen and oxygen atoms in total. The summed E-state index contributed by atoms with van der Waals surface area (Å²) in [5, 5.41) is 8.91. The van der Waals surface area contributed by atoms with E-state index in [1.54, 1.807) is 24.5 Å². The van der Waals surface area contributed by atoms with E-state index in [4.69, 9.17) is 5.11 Å². The number of rotatable bonds is 3. The molecule has 0 radical (unpaired) electrons. The first-order valence-electron chi connectivity index (χ1n) is 6.84. The van der Waals surface area contributed by atoms with Gasteiger partial charge in [0, 0.05) is 44.3 Å². The predicted octanol–water partition coefficient (Wildman–Crippen LogP) is 1.50. The quantitative estimate of drug-likeness (QED) is 0.921. The van der Waals surface area contributed by atoms with Gasteiger partial charge in [0.2, 0.25) is 5.95 Å². The van der Waals surface area contributed by atoms with E-state index in [-0.39, 0.29) is 0 Å². The number of anilines is 2. The Morgan fingerprint density at radius 3 is 2.10 bits per heavy atom. The number of carboxylic acids is 1. The van der Waals surface area contributed by atoms with E-state index in [0.29, 0.717) is 5.56 Å². The third-order valence-electron chi connectivity index (χ3n) is 3.59. The summed E-state index contributed by atoms with van der Waals surface area (Å²) in [4.78, 5) is 23.8. The Morgan fingerprint density at radius 1 is 0.952 bits per heavy atom. The third kappa shape index (κ3) is 2.94. The van der Waals surface area contributed by atoms with Gasteiger partial charge in [0.05, 0.1) is 5.56 Å². The first kappa shape index (κ1) is 13.4. The van der Waals surface area contributed by atoms with Crippen LogP contribution in [0.15, 0.2) is 42.7 Å². The van der Waals surface area contributed by atoms with Crippen molar-refractivity contribution < 1.29 is 9.90 Å². The molecule has 108 valence electrons. The van der Waals surface area contributed by atoms with E-state index in [9.17, 15) is 4.79 Å². The van der Waals surface area contributed by atoms with Crippen LogP contribution in [0.2, 0.25) is 0 Å². The second kappa shape index (κ2) is 5.78. The average Bonchev–Trinajstić information content (AvgIpc) is 2.56. The Hall–Kier alpha value is -2.63. The monoisotopic (exact) mass is 284 g/mol. The molecule has 6 heteroatoms. The van der Waals surface area contributed by atoms with Crippen molar-refractivity contribution in [1.29, 1.82) is 0 Å². The van der Waals surface area contributed by atoms with Gasteiger partial charge in [-0.25, -0.2) is 14.8 Å². The van der Waals surface area contributed by atoms with E-state index in [2.05, 4.69) is 19.8 Å². The molecule has 0 saturated carbocycles. The lowest BCUT2D eigenvalue weighted by Gasteiger charge is -2.36. The zero-order valence-electron chi connectivity index (χ0n) is 11.5. The summed E-state index contributed by atoms with van der Waals surface area (Å²) in [6.45, 7) is 3.44. The van der Waals surface area contributed by atoms with Gasteiger partial charge in [0.15, 0.2) is 0 Å². The summed E-state index contributed by atoms with van der Waals surface area (Å²) >= 11 is 0. The van der Waals surface area contributed by atoms with Crippen molar-refractivity contribution in [3.63, 3.8) is 0 Å². The Morgan fingerprint density at radius 2 is 1.52 bits per heavy atom. The molecule has 0 unspecified atom stereocenters. The van der Waals surface area contributed by atoms with Crippen molar-refractivity contribution in [2.45, 2.75) is 0 Å². The van der Waals surface area contributed by atoms with Crippen molar-refractivity contribution in [2.75, 3.05) is 36.0 Å². The maximum atomic E-state index is 10.9. The van der Waals surface area contributed by atoms with E-state index >= 15 is 0 Å². The number of hydrogen-bond donors (Lipinski definition) is 1. The number of nitrogens with zero attached hydrogens (tertiary/aromatic N) is 4. The molecule has 2 aromatic rings. The zero-order valence-corrected chi connectivity index (χ0v) is 11.5. The fourth-order valence-corrected chi connectivity index (χ4v) is 2.43. The smallest absolute Gasteiger partial charge is 0.335 e. The molecule has 0 atom stereocenters. The minimum atomic E-state index is -0.896. The minimum absolute atomic E-state index is 0.315. The highest BCUT2D eigenvalue weighted by molar-refractivity contribution is 5.88. The second-order valence-corrected chi connectivity index (χ2v) is 4.87. The maximum absolute atomic E-state index is 10.9. The highest BCUT2D eigenvalue weighted by atomic mass is 16.4. The van der Waals surface area contributed by atoms with Gasteiger partial charge in [-0.3, -0.25) is 0 Å². The molecule has 21 heavy (non-hydrogen) atoms. The van der Waals surface area contributed by atoms with Gasteiger partial charge in [0.25, 0.3) is 0 Å². The van der Waals surface area contributed by atoms with Crippen LogP contribution in [0.1, 0.15) is 10.4 Å². The highest BCUT2D eigenvalue weighted by Crippen LogP contribution is 2.18. The first-order valence-corrected chi connectivity index (χ1v) is 6.84. The van der Waals surface area contributed by atoms with Gasteiger partial charge < -0.3 is 14.9 Å². The Kier molecular flexibility index (Phi) is 3.68. The molecule has 1 aromatic heterocycles. The van der Waals surface area contributed by atoms with E-state index in [0.717, 1.165) is 37.8 Å². The lowest BCUT2D eigenvalue weighted by atomic mass is 10.2. The average molecular weight is 284 g/mol. The van der Waals surface area contributed by atoms with Crippen LogP contribution in [0.4, 0.5) is 11.6 Å². The number of carboxylic acid groups (broad SMARTS) is 1. The molecule has 3 rings (SSSR count). The number of aromatic nitrogens is 2. The topological polar surface area (TPSA) is 69.6 Å². The first-order chi connectivity index (χ1) is 10.2. The lowest BCUT2D eigenvalue weighted by molar-refractivity contribution is 0.0697. The number of hydrogen-bond acceptors (Lipinski definition) is 5. The number of carbonyl (C=O) groups is 1. The van der Waals surface area contributed by atoms with Crippen molar-refractivity contribution >= 4 is 17.6 Å². The molecular weight excluding hydrogens is 268 g/mol. The van der Waals surface area contributed by atoms with Crippen molar-refractivity contribution in [1.82, 2.24) is 9.97 Å². The van der Waals surface area contributed by atoms with Crippen LogP contribution in [0.25, 0.3) is 0 Å². The van der Waals surface area contributed by atoms with Crippen LogP contribution in [0.3, 0.4) is 0 Å². The predicted molar refractivity (Wildman–Crippen MR) is 79.9 cm³/mol. The molecule has 1 saturated heterocycles. The summed E-state index contributed by atoms with van der Waals surface area (Å²) in [6, 6.07) is 8.81. The number of aromatic carboxylic acids is 1. The fourth-order valence-electron chi connectivity index (χ4n) is 2.43. The van der Waals surface area contributed by atoms with Crippen LogP contribution in [0.5, 0.6) is 0 Å². The molecule has 2 heterocycles. The fraction of sp³-hybridized carbons (Fsp3) is 0.267. The minimum Gasteiger partial charge on any atom is -0.478 e. The van der Waals surface area contributed by atoms with E-state index in [1.165, 1.54) is 0 Å². The van der Waals surface area contributed by atoms with Gasteiger partial charge >= 0.3 is 5.97 Å². The lowest BCUT2D eigenvalue weighted by Crippen LogP contribution is -2.47. The van der Waals surface area contributed by atoms with Crippen LogP contribution >= 0.6 is 0 Å². The molecule has 0 aliphatic carbocycles. The molecule has 0 spiro atoms. The summed E-state index contributed by atoms with van der Waals surface area (Å²) < 4.78 is 0. The Balaban J connectivity index is 1.64. The molecule has 0 amide bonds. The van der Waals surface area contributed by atoms with Crippen LogP contribution in [-0.2, 0) is 0 Å². The zero-order chi connectivity index (χ0) is 14.7. The largest absolute Gasteiger partial charge is 0.478 e. The summed E-state index contributed by atoms with van der Waals surface area (Å²) in [5.74, 6) is -0.133. The highest BCUT2D eigenvalue weighted by Gasteiger charge is 2.19. The van der Waals surface area contributed by atoms with Gasteiger partial charge in [-0.15, -0.1) is 0 Å². The number of piperazine rings is 1. The van der Waals surface area contributed by atoms with Crippen molar-refractivity contribution in [2.24, 2.45) is 0 Å². The normalized spacial score (nSPS) is 15.0. The van der Waals surface area contributed by atoms with Crippen LogP contribution < -0.4 is 9.80 Å². The van der Waals surface area contributed by atoms with E-state index in [1.807, 2.05) is 18.2 Å². The van der Waals surface area contributed by atoms with E-state index < -0.39 is 5.97 Å². The standard InChI is InChI=1S/C15H16N4O2/c20-14(21)12-2-4-13(5-3-12)18-8-10-19(11-9-18)15-16-6-1-7-17-15/h1-7H,8-11H2,(H,20,21). The van der Waals surface area contributed by atoms with Gasteiger partial charge in [-0.2, -0.15) is 0 Å². The van der Waals surface area contributed by atoms with Crippen molar-refractivity contribution in [3.05, 3.63) is 48.3 Å².